The van der Waals surface area contributed by atoms with Gasteiger partial charge in [0.05, 0.1) is 11.8 Å². The van der Waals surface area contributed by atoms with Crippen LogP contribution >= 0.6 is 0 Å². The van der Waals surface area contributed by atoms with Crippen molar-refractivity contribution in [2.24, 2.45) is 11.8 Å². The predicted octanol–water partition coefficient (Wildman–Crippen LogP) is 0.799. The number of rotatable bonds is 3. The second kappa shape index (κ2) is 8.45. The van der Waals surface area contributed by atoms with Crippen LogP contribution in [0, 0.1) is 18.8 Å². The zero-order valence-corrected chi connectivity index (χ0v) is 15.4. The Kier molecular flexibility index (Phi) is 6.02. The Balaban J connectivity index is 0.000000481. The number of carbonyl (C=O) groups is 1. The van der Waals surface area contributed by atoms with Gasteiger partial charge in [-0.25, -0.2) is 0 Å². The van der Waals surface area contributed by atoms with Crippen LogP contribution in [0.25, 0.3) is 5.69 Å². The number of hydrogen-bond donors (Lipinski definition) is 3. The highest BCUT2D eigenvalue weighted by Crippen LogP contribution is 2.34. The molecule has 9 nitrogen and oxygen atoms in total. The normalized spacial score (nSPS) is 26.6. The Labute approximate surface area is 157 Å². The molecule has 0 radical (unpaired) electrons. The van der Waals surface area contributed by atoms with E-state index in [0.29, 0.717) is 11.8 Å². The molecule has 0 amide bonds. The van der Waals surface area contributed by atoms with E-state index in [1.807, 2.05) is 31.2 Å². The van der Waals surface area contributed by atoms with Gasteiger partial charge in [-0.2, -0.15) is 4.68 Å². The third kappa shape index (κ3) is 4.81. The third-order valence-electron chi connectivity index (χ3n) is 4.98. The van der Waals surface area contributed by atoms with E-state index in [9.17, 15) is 5.11 Å². The molecule has 2 aliphatic rings. The summed E-state index contributed by atoms with van der Waals surface area (Å²) < 4.78 is 7.71. The lowest BCUT2D eigenvalue weighted by molar-refractivity contribution is -0.134. The van der Waals surface area contributed by atoms with E-state index in [1.165, 1.54) is 0 Å². The number of nitrogens with zero attached hydrogens (tertiary/aromatic N) is 4. The number of carboxylic acid groups (broad SMARTS) is 1. The van der Waals surface area contributed by atoms with E-state index in [2.05, 4.69) is 20.8 Å². The number of carboxylic acids is 1. The fraction of sp³-hybridized carbons (Fsp3) is 0.556. The van der Waals surface area contributed by atoms with Crippen LogP contribution in [0.5, 0.6) is 5.75 Å². The molecule has 4 rings (SSSR count). The van der Waals surface area contributed by atoms with Crippen molar-refractivity contribution in [3.8, 4) is 11.4 Å². The third-order valence-corrected chi connectivity index (χ3v) is 4.98. The molecule has 4 atom stereocenters. The summed E-state index contributed by atoms with van der Waals surface area (Å²) in [5, 5.41) is 32.6. The van der Waals surface area contributed by atoms with E-state index >= 15 is 0 Å². The summed E-state index contributed by atoms with van der Waals surface area (Å²) in [6, 6.07) is 7.66. The average Bonchev–Trinajstić information content (AvgIpc) is 3.24. The molecule has 2 aromatic rings. The van der Waals surface area contributed by atoms with E-state index in [4.69, 9.17) is 14.6 Å². The Hall–Kier alpha value is -2.52. The van der Waals surface area contributed by atoms with Gasteiger partial charge in [-0.1, -0.05) is 0 Å². The Morgan fingerprint density at radius 1 is 1.22 bits per heavy atom. The summed E-state index contributed by atoms with van der Waals surface area (Å²) in [4.78, 5) is 9.00. The molecular weight excluding hydrogens is 350 g/mol. The fourth-order valence-electron chi connectivity index (χ4n) is 3.69. The number of aliphatic hydroxyl groups excluding tert-OH is 1. The highest BCUT2D eigenvalue weighted by Gasteiger charge is 2.39. The Bertz CT molecular complexity index is 759. The molecule has 1 saturated heterocycles. The minimum Gasteiger partial charge on any atom is -0.488 e. The molecule has 1 saturated carbocycles. The van der Waals surface area contributed by atoms with Gasteiger partial charge in [0.1, 0.15) is 11.9 Å². The maximum absolute atomic E-state index is 10.3. The van der Waals surface area contributed by atoms with Crippen LogP contribution < -0.4 is 10.1 Å². The molecule has 0 spiro atoms. The molecule has 146 valence electrons. The highest BCUT2D eigenvalue weighted by molar-refractivity contribution is 5.62. The van der Waals surface area contributed by atoms with Crippen molar-refractivity contribution in [3.05, 3.63) is 30.1 Å². The van der Waals surface area contributed by atoms with E-state index in [-0.39, 0.29) is 6.10 Å². The fourth-order valence-corrected chi connectivity index (χ4v) is 3.69. The predicted molar refractivity (Wildman–Crippen MR) is 96.7 cm³/mol. The lowest BCUT2D eigenvalue weighted by Crippen LogP contribution is -2.42. The van der Waals surface area contributed by atoms with Gasteiger partial charge in [0.15, 0.2) is 5.82 Å². The van der Waals surface area contributed by atoms with Gasteiger partial charge in [0.25, 0.3) is 5.97 Å². The van der Waals surface area contributed by atoms with Crippen molar-refractivity contribution >= 4 is 5.97 Å². The van der Waals surface area contributed by atoms with Gasteiger partial charge in [0, 0.05) is 6.92 Å². The molecule has 0 unspecified atom stereocenters. The number of aliphatic hydroxyl groups is 1. The molecule has 1 aromatic carbocycles. The van der Waals surface area contributed by atoms with Gasteiger partial charge in [-0.15, -0.1) is 5.10 Å². The second-order valence-corrected chi connectivity index (χ2v) is 7.02. The first-order chi connectivity index (χ1) is 12.9. The topological polar surface area (TPSA) is 122 Å². The van der Waals surface area contributed by atoms with Crippen molar-refractivity contribution in [1.82, 2.24) is 25.5 Å². The summed E-state index contributed by atoms with van der Waals surface area (Å²) >= 11 is 0. The van der Waals surface area contributed by atoms with Crippen molar-refractivity contribution in [3.63, 3.8) is 0 Å². The first kappa shape index (κ1) is 19.2. The number of aliphatic carboxylic acids is 1. The number of ether oxygens (including phenoxy) is 1. The van der Waals surface area contributed by atoms with Crippen LogP contribution in [0.15, 0.2) is 24.3 Å². The second-order valence-electron chi connectivity index (χ2n) is 7.02. The van der Waals surface area contributed by atoms with Gasteiger partial charge < -0.3 is 20.3 Å². The number of tetrazole rings is 1. The summed E-state index contributed by atoms with van der Waals surface area (Å²) in [6.07, 6.45) is 1.21. The Morgan fingerprint density at radius 2 is 1.85 bits per heavy atom. The molecule has 2 fully saturated rings. The standard InChI is InChI=1S/C16H21N5O2.C2H4O2/c1-10-18-19-20-21(10)13-2-4-14(5-3-13)23-16-7-12-9-17-8-11(12)6-15(16)22;1-2(3)4/h2-5,11-12,15-17,22H,6-9H2,1H3;1H3,(H,3,4)/t11-,12+,15+,16+;/m0./s1. The highest BCUT2D eigenvalue weighted by atomic mass is 16.5. The molecule has 1 aromatic heterocycles. The molecule has 27 heavy (non-hydrogen) atoms. The van der Waals surface area contributed by atoms with Crippen molar-refractivity contribution in [2.75, 3.05) is 13.1 Å². The molecule has 1 aliphatic heterocycles. The molecule has 9 heteroatoms. The number of fused-ring (bicyclic) bond motifs is 1. The number of aromatic nitrogens is 4. The monoisotopic (exact) mass is 375 g/mol. The van der Waals surface area contributed by atoms with Gasteiger partial charge in [-0.3, -0.25) is 4.79 Å². The van der Waals surface area contributed by atoms with Crippen molar-refractivity contribution < 1.29 is 19.7 Å². The number of nitrogens with one attached hydrogen (secondary N) is 1. The average molecular weight is 375 g/mol. The largest absolute Gasteiger partial charge is 0.488 e. The van der Waals surface area contributed by atoms with E-state index < -0.39 is 12.1 Å². The van der Waals surface area contributed by atoms with Crippen LogP contribution in [0.1, 0.15) is 25.6 Å². The summed E-state index contributed by atoms with van der Waals surface area (Å²) in [5.41, 5.74) is 0.893. The maximum atomic E-state index is 10.3. The van der Waals surface area contributed by atoms with Crippen molar-refractivity contribution in [2.45, 2.75) is 38.9 Å². The summed E-state index contributed by atoms with van der Waals surface area (Å²) in [6.45, 7) is 5.00. The van der Waals surface area contributed by atoms with Crippen LogP contribution in [0.2, 0.25) is 0 Å². The molecule has 3 N–H and O–H groups in total. The van der Waals surface area contributed by atoms with E-state index in [0.717, 1.165) is 50.1 Å². The quantitative estimate of drug-likeness (QED) is 0.720. The smallest absolute Gasteiger partial charge is 0.300 e. The van der Waals surface area contributed by atoms with Crippen LogP contribution in [0.3, 0.4) is 0 Å². The molecular formula is C18H25N5O4. The number of aryl methyl sites for hydroxylation is 1. The lowest BCUT2D eigenvalue weighted by atomic mass is 9.78. The Morgan fingerprint density at radius 3 is 2.44 bits per heavy atom. The van der Waals surface area contributed by atoms with E-state index in [1.54, 1.807) is 4.68 Å². The maximum Gasteiger partial charge on any atom is 0.300 e. The zero-order valence-electron chi connectivity index (χ0n) is 15.4. The minimum atomic E-state index is -0.833. The van der Waals surface area contributed by atoms with Crippen LogP contribution in [0.4, 0.5) is 0 Å². The van der Waals surface area contributed by atoms with Crippen LogP contribution in [-0.2, 0) is 4.79 Å². The molecule has 2 heterocycles. The summed E-state index contributed by atoms with van der Waals surface area (Å²) in [5.74, 6) is 1.88. The molecule has 0 bridgehead atoms. The van der Waals surface area contributed by atoms with Crippen molar-refractivity contribution in [1.29, 1.82) is 0 Å². The van der Waals surface area contributed by atoms with Gasteiger partial charge in [-0.05, 0) is 79.4 Å². The lowest BCUT2D eigenvalue weighted by Gasteiger charge is -2.35. The summed E-state index contributed by atoms with van der Waals surface area (Å²) in [7, 11) is 0. The first-order valence-electron chi connectivity index (χ1n) is 9.04. The zero-order chi connectivity index (χ0) is 19.4. The number of hydrogen-bond acceptors (Lipinski definition) is 7. The number of benzene rings is 1. The first-order valence-corrected chi connectivity index (χ1v) is 9.04. The van der Waals surface area contributed by atoms with Crippen LogP contribution in [-0.4, -0.2) is 61.7 Å². The van der Waals surface area contributed by atoms with Gasteiger partial charge >= 0.3 is 0 Å². The molecule has 1 aliphatic carbocycles. The SMILES string of the molecule is CC(=O)O.Cc1nnnn1-c1ccc(O[C@@H]2C[C@@H]3CNC[C@@H]3C[C@H]2O)cc1. The minimum absolute atomic E-state index is 0.128. The van der Waals surface area contributed by atoms with Gasteiger partial charge in [0.2, 0.25) is 0 Å².